The largest absolute Gasteiger partial charge is 0.329 e. The van der Waals surface area contributed by atoms with Crippen LogP contribution in [-0.4, -0.2) is 16.1 Å². The quantitative estimate of drug-likeness (QED) is 0.822. The molecule has 2 aromatic rings. The van der Waals surface area contributed by atoms with Crippen LogP contribution >= 0.6 is 0 Å². The first kappa shape index (κ1) is 9.93. The molecule has 0 bridgehead atoms. The van der Waals surface area contributed by atoms with Gasteiger partial charge in [-0.1, -0.05) is 24.3 Å². The molecule has 1 aromatic carbocycles. The van der Waals surface area contributed by atoms with Gasteiger partial charge >= 0.3 is 0 Å². The molecule has 0 radical (unpaired) electrons. The zero-order valence-corrected chi connectivity index (χ0v) is 8.80. The average molecular weight is 201 g/mol. The Labute approximate surface area is 89.6 Å². The van der Waals surface area contributed by atoms with Gasteiger partial charge in [0.05, 0.1) is 12.4 Å². The molecular weight excluding hydrogens is 186 g/mol. The molecule has 2 rings (SSSR count). The van der Waals surface area contributed by atoms with Crippen LogP contribution in [0.4, 0.5) is 0 Å². The van der Waals surface area contributed by atoms with Crippen LogP contribution in [0.2, 0.25) is 0 Å². The van der Waals surface area contributed by atoms with E-state index in [4.69, 9.17) is 5.73 Å². The van der Waals surface area contributed by atoms with Crippen LogP contribution in [0.1, 0.15) is 17.2 Å². The molecular formula is C12H15N3. The monoisotopic (exact) mass is 201 g/mol. The molecule has 15 heavy (non-hydrogen) atoms. The summed E-state index contributed by atoms with van der Waals surface area (Å²) in [6.07, 6.45) is 5.54. The predicted octanol–water partition coefficient (Wildman–Crippen LogP) is 1.74. The number of nitrogens with zero attached hydrogens (tertiary/aromatic N) is 2. The van der Waals surface area contributed by atoms with E-state index in [1.54, 1.807) is 6.20 Å². The zero-order chi connectivity index (χ0) is 10.7. The summed E-state index contributed by atoms with van der Waals surface area (Å²) in [7, 11) is 0. The normalized spacial score (nSPS) is 12.7. The lowest BCUT2D eigenvalue weighted by atomic mass is 10.0. The molecule has 0 spiro atoms. The average Bonchev–Trinajstić information content (AvgIpc) is 2.75. The smallest absolute Gasteiger partial charge is 0.0952 e. The maximum atomic E-state index is 5.82. The number of aryl methyl sites for hydroxylation is 1. The molecule has 1 unspecified atom stereocenters. The first-order valence-corrected chi connectivity index (χ1v) is 5.06. The van der Waals surface area contributed by atoms with E-state index in [-0.39, 0.29) is 6.04 Å². The van der Waals surface area contributed by atoms with E-state index in [1.165, 1.54) is 11.1 Å². The predicted molar refractivity (Wildman–Crippen MR) is 60.6 cm³/mol. The van der Waals surface area contributed by atoms with Crippen molar-refractivity contribution in [3.8, 4) is 0 Å². The van der Waals surface area contributed by atoms with Gasteiger partial charge in [0.1, 0.15) is 0 Å². The molecule has 78 valence electrons. The van der Waals surface area contributed by atoms with E-state index < -0.39 is 0 Å². The number of nitrogens with two attached hydrogens (primary N) is 1. The number of hydrogen-bond donors (Lipinski definition) is 1. The molecule has 0 saturated carbocycles. The summed E-state index contributed by atoms with van der Waals surface area (Å²) in [6.45, 7) is 2.69. The first-order chi connectivity index (χ1) is 7.33. The van der Waals surface area contributed by atoms with Crippen molar-refractivity contribution in [2.24, 2.45) is 5.73 Å². The lowest BCUT2D eigenvalue weighted by molar-refractivity contribution is 0.591. The molecule has 0 aliphatic rings. The van der Waals surface area contributed by atoms with Crippen LogP contribution in [0.5, 0.6) is 0 Å². The zero-order valence-electron chi connectivity index (χ0n) is 8.80. The minimum absolute atomic E-state index is 0.189. The van der Waals surface area contributed by atoms with Crippen LogP contribution in [0.15, 0.2) is 43.0 Å². The Morgan fingerprint density at radius 2 is 2.20 bits per heavy atom. The number of rotatable bonds is 3. The molecule has 0 fully saturated rings. The third-order valence-electron chi connectivity index (χ3n) is 2.66. The topological polar surface area (TPSA) is 43.8 Å². The third-order valence-corrected chi connectivity index (χ3v) is 2.66. The molecule has 2 N–H and O–H groups in total. The van der Waals surface area contributed by atoms with Gasteiger partial charge < -0.3 is 10.3 Å². The third kappa shape index (κ3) is 1.92. The van der Waals surface area contributed by atoms with E-state index in [2.05, 4.69) is 24.0 Å². The van der Waals surface area contributed by atoms with E-state index in [0.717, 1.165) is 0 Å². The second-order valence-corrected chi connectivity index (χ2v) is 3.62. The Hall–Kier alpha value is -1.61. The van der Waals surface area contributed by atoms with Gasteiger partial charge in [-0.25, -0.2) is 4.98 Å². The van der Waals surface area contributed by atoms with Crippen molar-refractivity contribution >= 4 is 0 Å². The lowest BCUT2D eigenvalue weighted by Gasteiger charge is -2.18. The van der Waals surface area contributed by atoms with E-state index in [0.29, 0.717) is 6.54 Å². The second-order valence-electron chi connectivity index (χ2n) is 3.62. The van der Waals surface area contributed by atoms with Crippen molar-refractivity contribution in [1.82, 2.24) is 9.55 Å². The van der Waals surface area contributed by atoms with Crippen molar-refractivity contribution < 1.29 is 0 Å². The summed E-state index contributed by atoms with van der Waals surface area (Å²) in [5.41, 5.74) is 8.34. The van der Waals surface area contributed by atoms with Gasteiger partial charge in [0.25, 0.3) is 0 Å². The van der Waals surface area contributed by atoms with E-state index in [1.807, 2.05) is 29.2 Å². The number of aromatic nitrogens is 2. The molecule has 1 aromatic heterocycles. The summed E-state index contributed by atoms with van der Waals surface area (Å²) in [5.74, 6) is 0. The molecule has 0 saturated heterocycles. The minimum Gasteiger partial charge on any atom is -0.329 e. The van der Waals surface area contributed by atoms with E-state index >= 15 is 0 Å². The van der Waals surface area contributed by atoms with Gasteiger partial charge in [0.15, 0.2) is 0 Å². The molecule has 1 heterocycles. The standard InChI is InChI=1S/C12H15N3/c1-10-4-2-3-5-11(10)12(8-13)15-7-6-14-9-15/h2-7,9,12H,8,13H2,1H3. The van der Waals surface area contributed by atoms with Crippen LogP contribution in [0, 0.1) is 6.92 Å². The number of imidazole rings is 1. The number of hydrogen-bond acceptors (Lipinski definition) is 2. The summed E-state index contributed by atoms with van der Waals surface area (Å²) in [4.78, 5) is 4.05. The minimum atomic E-state index is 0.189. The summed E-state index contributed by atoms with van der Waals surface area (Å²) < 4.78 is 2.04. The summed E-state index contributed by atoms with van der Waals surface area (Å²) >= 11 is 0. The molecule has 3 nitrogen and oxygen atoms in total. The van der Waals surface area contributed by atoms with Gasteiger partial charge in [0.2, 0.25) is 0 Å². The van der Waals surface area contributed by atoms with Crippen LogP contribution in [0.3, 0.4) is 0 Å². The maximum absolute atomic E-state index is 5.82. The van der Waals surface area contributed by atoms with E-state index in [9.17, 15) is 0 Å². The Balaban J connectivity index is 2.40. The highest BCUT2D eigenvalue weighted by Crippen LogP contribution is 2.20. The number of benzene rings is 1. The van der Waals surface area contributed by atoms with Crippen LogP contribution in [0.25, 0.3) is 0 Å². The summed E-state index contributed by atoms with van der Waals surface area (Å²) in [5, 5.41) is 0. The summed E-state index contributed by atoms with van der Waals surface area (Å²) in [6, 6.07) is 8.50. The first-order valence-electron chi connectivity index (χ1n) is 5.06. The highest BCUT2D eigenvalue weighted by atomic mass is 15.1. The Morgan fingerprint density at radius 1 is 1.40 bits per heavy atom. The Morgan fingerprint density at radius 3 is 2.80 bits per heavy atom. The Kier molecular flexibility index (Phi) is 2.83. The van der Waals surface area contributed by atoms with Crippen molar-refractivity contribution in [2.45, 2.75) is 13.0 Å². The fraction of sp³-hybridized carbons (Fsp3) is 0.250. The highest BCUT2D eigenvalue weighted by Gasteiger charge is 2.12. The molecule has 3 heteroatoms. The molecule has 0 amide bonds. The Bertz CT molecular complexity index is 420. The molecule has 0 aliphatic carbocycles. The van der Waals surface area contributed by atoms with Crippen molar-refractivity contribution in [2.75, 3.05) is 6.54 Å². The van der Waals surface area contributed by atoms with Gasteiger partial charge in [-0.15, -0.1) is 0 Å². The van der Waals surface area contributed by atoms with Crippen molar-refractivity contribution in [1.29, 1.82) is 0 Å². The molecule has 0 aliphatic heterocycles. The molecule has 1 atom stereocenters. The fourth-order valence-corrected chi connectivity index (χ4v) is 1.82. The van der Waals surface area contributed by atoms with Crippen molar-refractivity contribution in [3.05, 3.63) is 54.1 Å². The maximum Gasteiger partial charge on any atom is 0.0952 e. The van der Waals surface area contributed by atoms with Crippen molar-refractivity contribution in [3.63, 3.8) is 0 Å². The van der Waals surface area contributed by atoms with Crippen LogP contribution < -0.4 is 5.73 Å². The second kappa shape index (κ2) is 4.28. The van der Waals surface area contributed by atoms with Gasteiger partial charge in [-0.05, 0) is 18.1 Å². The highest BCUT2D eigenvalue weighted by molar-refractivity contribution is 5.29. The van der Waals surface area contributed by atoms with Crippen LogP contribution in [-0.2, 0) is 0 Å². The van der Waals surface area contributed by atoms with Gasteiger partial charge in [0, 0.05) is 18.9 Å². The van der Waals surface area contributed by atoms with Gasteiger partial charge in [-0.2, -0.15) is 0 Å². The fourth-order valence-electron chi connectivity index (χ4n) is 1.82. The SMILES string of the molecule is Cc1ccccc1C(CN)n1ccnc1. The van der Waals surface area contributed by atoms with Gasteiger partial charge in [-0.3, -0.25) is 0 Å². The lowest BCUT2D eigenvalue weighted by Crippen LogP contribution is -2.20.